The lowest BCUT2D eigenvalue weighted by atomic mass is 10.1. The van der Waals surface area contributed by atoms with Crippen molar-refractivity contribution in [1.82, 2.24) is 19.7 Å². The van der Waals surface area contributed by atoms with E-state index in [2.05, 4.69) is 20.3 Å². The Balaban J connectivity index is 1.60. The largest absolute Gasteiger partial charge is 0.462 e. The highest BCUT2D eigenvalue weighted by molar-refractivity contribution is 7.16. The van der Waals surface area contributed by atoms with E-state index >= 15 is 0 Å². The maximum absolute atomic E-state index is 12.6. The molecule has 0 saturated carbocycles. The van der Waals surface area contributed by atoms with Crippen LogP contribution in [0.15, 0.2) is 12.7 Å². The van der Waals surface area contributed by atoms with Crippen molar-refractivity contribution in [2.24, 2.45) is 0 Å². The Morgan fingerprint density at radius 2 is 2.07 bits per heavy atom. The summed E-state index contributed by atoms with van der Waals surface area (Å²) in [6.07, 6.45) is 5.89. The molecule has 0 aromatic carbocycles. The van der Waals surface area contributed by atoms with Crippen LogP contribution >= 0.6 is 11.3 Å². The maximum Gasteiger partial charge on any atom is 0.341 e. The number of nitrogens with one attached hydrogen (secondary N) is 1. The monoisotopic (exact) mass is 405 g/mol. The minimum atomic E-state index is -0.368. The number of esters is 1. The van der Waals surface area contributed by atoms with Gasteiger partial charge in [-0.05, 0) is 38.7 Å². The molecular formula is C19H27N5O3S. The lowest BCUT2D eigenvalue weighted by Crippen LogP contribution is -2.39. The van der Waals surface area contributed by atoms with Crippen molar-refractivity contribution in [2.45, 2.75) is 46.1 Å². The molecule has 1 aliphatic heterocycles. The predicted octanol–water partition coefficient (Wildman–Crippen LogP) is 2.66. The first-order chi connectivity index (χ1) is 13.5. The molecule has 0 spiro atoms. The van der Waals surface area contributed by atoms with Gasteiger partial charge in [-0.3, -0.25) is 9.69 Å². The van der Waals surface area contributed by atoms with Crippen molar-refractivity contribution < 1.29 is 14.3 Å². The number of carbonyl (C=O) groups is 2. The van der Waals surface area contributed by atoms with E-state index in [-0.39, 0.29) is 11.9 Å². The summed E-state index contributed by atoms with van der Waals surface area (Å²) in [6.45, 7) is 8.03. The van der Waals surface area contributed by atoms with Crippen LogP contribution in [0.2, 0.25) is 0 Å². The second kappa shape index (κ2) is 9.29. The summed E-state index contributed by atoms with van der Waals surface area (Å²) in [7, 11) is 0. The van der Waals surface area contributed by atoms with Crippen LogP contribution in [0.25, 0.3) is 0 Å². The van der Waals surface area contributed by atoms with E-state index in [1.54, 1.807) is 19.6 Å². The van der Waals surface area contributed by atoms with E-state index in [9.17, 15) is 9.59 Å². The molecule has 0 bridgehead atoms. The number of ether oxygens (including phenoxy) is 1. The second-order valence-corrected chi connectivity index (χ2v) is 8.07. The van der Waals surface area contributed by atoms with Crippen LogP contribution in [0.1, 0.15) is 53.5 Å². The molecule has 0 atom stereocenters. The molecule has 0 aliphatic carbocycles. The molecule has 9 heteroatoms. The summed E-state index contributed by atoms with van der Waals surface area (Å²) < 4.78 is 7.09. The smallest absolute Gasteiger partial charge is 0.341 e. The molecule has 3 heterocycles. The number of hydrogen-bond donors (Lipinski definition) is 1. The Kier molecular flexibility index (Phi) is 6.79. The van der Waals surface area contributed by atoms with Gasteiger partial charge in [0.05, 0.1) is 24.8 Å². The summed E-state index contributed by atoms with van der Waals surface area (Å²) in [5.74, 6) is -0.471. The molecule has 1 amide bonds. The summed E-state index contributed by atoms with van der Waals surface area (Å²) in [6, 6.07) is 0.337. The number of carbonyl (C=O) groups excluding carboxylic acids is 2. The molecule has 2 aromatic heterocycles. The average Bonchev–Trinajstić information content (AvgIpc) is 3.30. The number of nitrogens with zero attached hydrogens (tertiary/aromatic N) is 4. The molecule has 3 rings (SSSR count). The van der Waals surface area contributed by atoms with Crippen LogP contribution < -0.4 is 5.32 Å². The minimum Gasteiger partial charge on any atom is -0.462 e. The quantitative estimate of drug-likeness (QED) is 0.713. The van der Waals surface area contributed by atoms with E-state index in [0.717, 1.165) is 42.8 Å². The predicted molar refractivity (Wildman–Crippen MR) is 108 cm³/mol. The fourth-order valence-corrected chi connectivity index (χ4v) is 4.78. The number of hydrogen-bond acceptors (Lipinski definition) is 7. The van der Waals surface area contributed by atoms with Gasteiger partial charge in [-0.1, -0.05) is 6.92 Å². The number of aromatic nitrogens is 3. The van der Waals surface area contributed by atoms with Gasteiger partial charge in [0.25, 0.3) is 0 Å². The second-order valence-electron chi connectivity index (χ2n) is 6.85. The third kappa shape index (κ3) is 4.59. The van der Waals surface area contributed by atoms with E-state index < -0.39 is 0 Å². The van der Waals surface area contributed by atoms with Crippen molar-refractivity contribution in [3.63, 3.8) is 0 Å². The van der Waals surface area contributed by atoms with E-state index in [1.165, 1.54) is 11.3 Å². The van der Waals surface area contributed by atoms with Gasteiger partial charge >= 0.3 is 5.97 Å². The molecule has 28 heavy (non-hydrogen) atoms. The Morgan fingerprint density at radius 1 is 1.32 bits per heavy atom. The zero-order chi connectivity index (χ0) is 20.1. The van der Waals surface area contributed by atoms with Gasteiger partial charge in [0.15, 0.2) is 0 Å². The van der Waals surface area contributed by atoms with Crippen molar-refractivity contribution in [3.05, 3.63) is 28.7 Å². The number of rotatable bonds is 7. The number of aryl methyl sites for hydroxylation is 1. The van der Waals surface area contributed by atoms with Gasteiger partial charge in [0.2, 0.25) is 5.91 Å². The zero-order valence-electron chi connectivity index (χ0n) is 16.6. The van der Waals surface area contributed by atoms with Crippen molar-refractivity contribution >= 4 is 28.2 Å². The topological polar surface area (TPSA) is 89.4 Å². The number of piperidine rings is 1. The van der Waals surface area contributed by atoms with Crippen LogP contribution in [0.5, 0.6) is 0 Å². The van der Waals surface area contributed by atoms with Gasteiger partial charge in [0, 0.05) is 18.0 Å². The van der Waals surface area contributed by atoms with Gasteiger partial charge in [-0.15, -0.1) is 11.3 Å². The summed E-state index contributed by atoms with van der Waals surface area (Å²) in [5.41, 5.74) is 1.46. The first-order valence-electron chi connectivity index (χ1n) is 9.69. The van der Waals surface area contributed by atoms with E-state index in [1.807, 2.05) is 18.5 Å². The number of amides is 1. The summed E-state index contributed by atoms with van der Waals surface area (Å²) in [5, 5.41) is 7.74. The molecule has 0 unspecified atom stereocenters. The third-order valence-electron chi connectivity index (χ3n) is 5.03. The standard InChI is InChI=1S/C19H27N5O3S/c1-4-15-13(3)28-18(17(15)19(26)27-5-2)22-16(25)10-23-8-6-14(7-9-23)24-12-20-11-21-24/h11-12,14H,4-10H2,1-3H3,(H,22,25). The van der Waals surface area contributed by atoms with Gasteiger partial charge in [0.1, 0.15) is 17.7 Å². The van der Waals surface area contributed by atoms with Crippen LogP contribution in [0.3, 0.4) is 0 Å². The van der Waals surface area contributed by atoms with Crippen LogP contribution in [0.4, 0.5) is 5.00 Å². The maximum atomic E-state index is 12.6. The Hall–Kier alpha value is -2.26. The fourth-order valence-electron chi connectivity index (χ4n) is 3.63. The summed E-state index contributed by atoms with van der Waals surface area (Å²) in [4.78, 5) is 32.2. The van der Waals surface area contributed by atoms with E-state index in [0.29, 0.717) is 29.8 Å². The lowest BCUT2D eigenvalue weighted by molar-refractivity contribution is -0.117. The zero-order valence-corrected chi connectivity index (χ0v) is 17.4. The highest BCUT2D eigenvalue weighted by Gasteiger charge is 2.25. The fraction of sp³-hybridized carbons (Fsp3) is 0.579. The molecule has 2 aromatic rings. The SMILES string of the molecule is CCOC(=O)c1c(NC(=O)CN2CCC(n3cncn3)CC2)sc(C)c1CC. The minimum absolute atomic E-state index is 0.103. The molecular weight excluding hydrogens is 378 g/mol. The molecule has 1 aliphatic rings. The third-order valence-corrected chi connectivity index (χ3v) is 6.09. The van der Waals surface area contributed by atoms with Gasteiger partial charge < -0.3 is 10.1 Å². The normalized spacial score (nSPS) is 15.5. The van der Waals surface area contributed by atoms with E-state index in [4.69, 9.17) is 4.74 Å². The Morgan fingerprint density at radius 3 is 2.68 bits per heavy atom. The number of likely N-dealkylation sites (tertiary alicyclic amines) is 1. The Bertz CT molecular complexity index is 810. The number of thiophene rings is 1. The summed E-state index contributed by atoms with van der Waals surface area (Å²) >= 11 is 1.44. The molecule has 1 saturated heterocycles. The molecule has 1 fully saturated rings. The number of anilines is 1. The van der Waals surface area contributed by atoms with Crippen molar-refractivity contribution in [3.8, 4) is 0 Å². The molecule has 1 N–H and O–H groups in total. The highest BCUT2D eigenvalue weighted by atomic mass is 32.1. The highest BCUT2D eigenvalue weighted by Crippen LogP contribution is 2.34. The lowest BCUT2D eigenvalue weighted by Gasteiger charge is -2.31. The van der Waals surface area contributed by atoms with Crippen LogP contribution in [-0.2, 0) is 16.0 Å². The first kappa shape index (κ1) is 20.5. The van der Waals surface area contributed by atoms with Crippen LogP contribution in [-0.4, -0.2) is 57.8 Å². The Labute approximate surface area is 168 Å². The van der Waals surface area contributed by atoms with Crippen LogP contribution in [0, 0.1) is 6.92 Å². The average molecular weight is 406 g/mol. The van der Waals surface area contributed by atoms with Crippen molar-refractivity contribution in [2.75, 3.05) is 31.6 Å². The molecule has 0 radical (unpaired) electrons. The van der Waals surface area contributed by atoms with Gasteiger partial charge in [-0.2, -0.15) is 5.10 Å². The van der Waals surface area contributed by atoms with Crippen molar-refractivity contribution in [1.29, 1.82) is 0 Å². The molecule has 8 nitrogen and oxygen atoms in total. The van der Waals surface area contributed by atoms with Gasteiger partial charge in [-0.25, -0.2) is 14.5 Å². The molecule has 152 valence electrons. The first-order valence-corrected chi connectivity index (χ1v) is 10.5.